The standard InChI is InChI=1S/C24H27F3O7S/c1-6-32-21(28)23(5,22(29)34-17(4)18-9-7-15(2)8-10-18)14-33-35(30,31)20-12-16(3)11-19(13-20)24(25,26)27/h7-13,17H,6,14H2,1-5H3. The number of alkyl halides is 3. The summed E-state index contributed by atoms with van der Waals surface area (Å²) in [5, 5.41) is 0. The van der Waals surface area contributed by atoms with Gasteiger partial charge in [0.05, 0.1) is 23.7 Å². The van der Waals surface area contributed by atoms with E-state index < -0.39 is 56.8 Å². The lowest BCUT2D eigenvalue weighted by molar-refractivity contribution is -0.176. The molecule has 0 amide bonds. The fourth-order valence-corrected chi connectivity index (χ4v) is 4.14. The van der Waals surface area contributed by atoms with Gasteiger partial charge in [0.25, 0.3) is 10.1 Å². The SMILES string of the molecule is CCOC(=O)C(C)(COS(=O)(=O)c1cc(C)cc(C(F)(F)F)c1)C(=O)OC(C)c1ccc(C)cc1. The highest BCUT2D eigenvalue weighted by Gasteiger charge is 2.47. The fraction of sp³-hybridized carbons (Fsp3) is 0.417. The van der Waals surface area contributed by atoms with Crippen LogP contribution in [0, 0.1) is 19.3 Å². The van der Waals surface area contributed by atoms with E-state index in [1.807, 2.05) is 6.92 Å². The van der Waals surface area contributed by atoms with Crippen molar-refractivity contribution in [1.82, 2.24) is 0 Å². The molecular formula is C24H27F3O7S. The number of hydrogen-bond donors (Lipinski definition) is 0. The Bertz CT molecular complexity index is 1170. The van der Waals surface area contributed by atoms with Gasteiger partial charge in [-0.1, -0.05) is 29.8 Å². The number of carbonyl (C=O) groups excluding carboxylic acids is 2. The third-order valence-electron chi connectivity index (χ3n) is 5.18. The Morgan fingerprint density at radius 2 is 1.57 bits per heavy atom. The van der Waals surface area contributed by atoms with Crippen molar-refractivity contribution < 1.29 is 44.8 Å². The average Bonchev–Trinajstić information content (AvgIpc) is 2.77. The number of halogens is 3. The minimum absolute atomic E-state index is 0.0292. The first-order valence-corrected chi connectivity index (χ1v) is 12.0. The van der Waals surface area contributed by atoms with Crippen molar-refractivity contribution in [2.75, 3.05) is 13.2 Å². The van der Waals surface area contributed by atoms with Crippen molar-refractivity contribution >= 4 is 22.1 Å². The first-order valence-electron chi connectivity index (χ1n) is 10.6. The van der Waals surface area contributed by atoms with E-state index in [0.717, 1.165) is 24.6 Å². The van der Waals surface area contributed by atoms with Gasteiger partial charge in [-0.3, -0.25) is 13.8 Å². The van der Waals surface area contributed by atoms with Crippen molar-refractivity contribution in [2.24, 2.45) is 5.41 Å². The van der Waals surface area contributed by atoms with E-state index in [9.17, 15) is 31.2 Å². The molecule has 2 rings (SSSR count). The molecule has 35 heavy (non-hydrogen) atoms. The molecule has 192 valence electrons. The van der Waals surface area contributed by atoms with Crippen molar-refractivity contribution in [3.8, 4) is 0 Å². The first kappa shape index (κ1) is 28.3. The Kier molecular flexibility index (Phi) is 8.72. The predicted octanol–water partition coefficient (Wildman–Crippen LogP) is 4.90. The van der Waals surface area contributed by atoms with Crippen LogP contribution in [-0.2, 0) is 39.5 Å². The lowest BCUT2D eigenvalue weighted by Gasteiger charge is -2.26. The molecule has 0 N–H and O–H groups in total. The average molecular weight is 517 g/mol. The lowest BCUT2D eigenvalue weighted by atomic mass is 9.92. The van der Waals surface area contributed by atoms with Gasteiger partial charge in [-0.25, -0.2) is 0 Å². The van der Waals surface area contributed by atoms with Crippen LogP contribution >= 0.6 is 0 Å². The second kappa shape index (κ2) is 10.8. The molecule has 2 aromatic rings. The summed E-state index contributed by atoms with van der Waals surface area (Å²) in [6.45, 7) is 6.15. The van der Waals surface area contributed by atoms with E-state index in [-0.39, 0.29) is 12.2 Å². The monoisotopic (exact) mass is 516 g/mol. The predicted molar refractivity (Wildman–Crippen MR) is 120 cm³/mol. The van der Waals surface area contributed by atoms with Crippen molar-refractivity contribution in [1.29, 1.82) is 0 Å². The molecule has 0 aliphatic rings. The van der Waals surface area contributed by atoms with E-state index in [0.29, 0.717) is 11.6 Å². The summed E-state index contributed by atoms with van der Waals surface area (Å²) in [5.41, 5.74) is -1.76. The van der Waals surface area contributed by atoms with Crippen LogP contribution in [0.5, 0.6) is 0 Å². The van der Waals surface area contributed by atoms with Crippen molar-refractivity contribution in [3.63, 3.8) is 0 Å². The molecule has 2 unspecified atom stereocenters. The maximum Gasteiger partial charge on any atom is 0.416 e. The third kappa shape index (κ3) is 7.04. The highest BCUT2D eigenvalue weighted by Crippen LogP contribution is 2.33. The van der Waals surface area contributed by atoms with Gasteiger partial charge in [0.1, 0.15) is 6.10 Å². The van der Waals surface area contributed by atoms with Gasteiger partial charge in [0.2, 0.25) is 0 Å². The van der Waals surface area contributed by atoms with Gasteiger partial charge in [-0.2, -0.15) is 21.6 Å². The highest BCUT2D eigenvalue weighted by atomic mass is 32.2. The molecule has 0 aliphatic carbocycles. The minimum atomic E-state index is -4.79. The molecule has 0 bridgehead atoms. The van der Waals surface area contributed by atoms with Gasteiger partial charge in [-0.15, -0.1) is 0 Å². The van der Waals surface area contributed by atoms with Crippen LogP contribution in [0.4, 0.5) is 13.2 Å². The number of rotatable bonds is 9. The number of esters is 2. The van der Waals surface area contributed by atoms with Crippen LogP contribution in [0.2, 0.25) is 0 Å². The molecule has 2 atom stereocenters. The molecule has 0 fully saturated rings. The molecule has 0 saturated heterocycles. The van der Waals surface area contributed by atoms with Crippen molar-refractivity contribution in [3.05, 3.63) is 64.7 Å². The van der Waals surface area contributed by atoms with Crippen LogP contribution in [0.15, 0.2) is 47.4 Å². The molecule has 0 spiro atoms. The molecule has 0 aliphatic heterocycles. The molecular weight excluding hydrogens is 489 g/mol. The number of carbonyl (C=O) groups is 2. The number of ether oxygens (including phenoxy) is 2. The van der Waals surface area contributed by atoms with Crippen LogP contribution in [0.3, 0.4) is 0 Å². The summed E-state index contributed by atoms with van der Waals surface area (Å²) in [7, 11) is -4.78. The van der Waals surface area contributed by atoms with E-state index in [2.05, 4.69) is 0 Å². The number of aryl methyl sites for hydroxylation is 2. The number of hydrogen-bond acceptors (Lipinski definition) is 7. The second-order valence-corrected chi connectivity index (χ2v) is 9.87. The van der Waals surface area contributed by atoms with Crippen molar-refractivity contribution in [2.45, 2.75) is 51.8 Å². The Morgan fingerprint density at radius 1 is 0.971 bits per heavy atom. The zero-order valence-corrected chi connectivity index (χ0v) is 20.7. The topological polar surface area (TPSA) is 96.0 Å². The van der Waals surface area contributed by atoms with Crippen LogP contribution in [0.25, 0.3) is 0 Å². The smallest absolute Gasteiger partial charge is 0.416 e. The van der Waals surface area contributed by atoms with E-state index in [1.54, 1.807) is 31.2 Å². The normalized spacial score (nSPS) is 14.6. The first-order chi connectivity index (χ1) is 16.1. The number of benzene rings is 2. The maximum absolute atomic E-state index is 13.1. The Balaban J connectivity index is 2.31. The fourth-order valence-electron chi connectivity index (χ4n) is 3.01. The highest BCUT2D eigenvalue weighted by molar-refractivity contribution is 7.86. The molecule has 7 nitrogen and oxygen atoms in total. The third-order valence-corrected chi connectivity index (χ3v) is 6.42. The van der Waals surface area contributed by atoms with E-state index in [4.69, 9.17) is 13.7 Å². The zero-order chi connectivity index (χ0) is 26.6. The van der Waals surface area contributed by atoms with E-state index >= 15 is 0 Å². The Morgan fingerprint density at radius 3 is 2.11 bits per heavy atom. The van der Waals surface area contributed by atoms with Crippen LogP contribution in [-0.4, -0.2) is 33.6 Å². The minimum Gasteiger partial charge on any atom is -0.465 e. The summed E-state index contributed by atoms with van der Waals surface area (Å²) in [6, 6.07) is 9.25. The summed E-state index contributed by atoms with van der Waals surface area (Å²) in [5.74, 6) is -2.21. The van der Waals surface area contributed by atoms with Gasteiger partial charge in [-0.05, 0) is 63.9 Å². The Labute approximate surface area is 202 Å². The van der Waals surface area contributed by atoms with Crippen LogP contribution in [0.1, 0.15) is 49.1 Å². The molecule has 0 heterocycles. The molecule has 11 heteroatoms. The molecule has 0 radical (unpaired) electrons. The maximum atomic E-state index is 13.1. The quantitative estimate of drug-likeness (QED) is 0.266. The largest absolute Gasteiger partial charge is 0.465 e. The Hall–Kier alpha value is -2.92. The van der Waals surface area contributed by atoms with E-state index in [1.165, 1.54) is 13.8 Å². The molecule has 0 saturated carbocycles. The van der Waals surface area contributed by atoms with Gasteiger partial charge in [0, 0.05) is 0 Å². The lowest BCUT2D eigenvalue weighted by Crippen LogP contribution is -2.44. The summed E-state index contributed by atoms with van der Waals surface area (Å²) in [6.07, 6.45) is -5.58. The van der Waals surface area contributed by atoms with Gasteiger partial charge in [0.15, 0.2) is 5.41 Å². The molecule has 0 aromatic heterocycles. The van der Waals surface area contributed by atoms with Gasteiger partial charge >= 0.3 is 18.1 Å². The second-order valence-electron chi connectivity index (χ2n) is 8.26. The molecule has 2 aromatic carbocycles. The summed E-state index contributed by atoms with van der Waals surface area (Å²) in [4.78, 5) is 24.8. The zero-order valence-electron chi connectivity index (χ0n) is 19.9. The summed E-state index contributed by atoms with van der Waals surface area (Å²) >= 11 is 0. The summed E-state index contributed by atoms with van der Waals surface area (Å²) < 4.78 is 80.0. The van der Waals surface area contributed by atoms with Gasteiger partial charge < -0.3 is 9.47 Å². The van der Waals surface area contributed by atoms with Crippen LogP contribution < -0.4 is 0 Å².